The van der Waals surface area contributed by atoms with Crippen LogP contribution in [0, 0.1) is 5.92 Å². The van der Waals surface area contributed by atoms with E-state index < -0.39 is 16.9 Å². The van der Waals surface area contributed by atoms with Crippen molar-refractivity contribution in [1.29, 1.82) is 0 Å². The molecule has 30 heavy (non-hydrogen) atoms. The fourth-order valence-corrected chi connectivity index (χ4v) is 6.55. The van der Waals surface area contributed by atoms with E-state index in [1.807, 2.05) is 18.0 Å². The lowest BCUT2D eigenvalue weighted by Crippen LogP contribution is -2.73. The molecule has 1 saturated carbocycles. The lowest BCUT2D eigenvalue weighted by molar-refractivity contribution is -0.179. The van der Waals surface area contributed by atoms with Gasteiger partial charge in [0.2, 0.25) is 5.91 Å². The highest BCUT2D eigenvalue weighted by atomic mass is 16.3. The summed E-state index contributed by atoms with van der Waals surface area (Å²) in [6.07, 6.45) is 2.10. The first kappa shape index (κ1) is 20.0. The molecule has 0 radical (unpaired) electrons. The van der Waals surface area contributed by atoms with E-state index in [0.717, 1.165) is 30.8 Å². The van der Waals surface area contributed by atoms with E-state index in [-0.39, 0.29) is 36.3 Å². The van der Waals surface area contributed by atoms with Crippen molar-refractivity contribution >= 4 is 11.7 Å². The van der Waals surface area contributed by atoms with E-state index in [4.69, 9.17) is 0 Å². The number of likely N-dealkylation sites (tertiary alicyclic amines) is 1. The minimum absolute atomic E-state index is 0.0155. The first-order chi connectivity index (χ1) is 14.3. The molecule has 3 N–H and O–H groups in total. The number of ketones is 1. The molecule has 4 unspecified atom stereocenters. The minimum atomic E-state index is -1.08. The molecule has 0 aromatic heterocycles. The Hall–Kier alpha value is -1.96. The number of carbonyl (C=O) groups excluding carboxylic acids is 2. The van der Waals surface area contributed by atoms with Crippen molar-refractivity contribution in [2.75, 3.05) is 39.8 Å². The number of piperazine rings is 1. The van der Waals surface area contributed by atoms with Gasteiger partial charge in [0.1, 0.15) is 11.5 Å². The average Bonchev–Trinajstić information content (AvgIpc) is 2.73. The van der Waals surface area contributed by atoms with Crippen LogP contribution in [0.25, 0.3) is 0 Å². The number of rotatable bonds is 2. The molecule has 162 valence electrons. The molecule has 4 aliphatic rings. The molecule has 0 spiro atoms. The summed E-state index contributed by atoms with van der Waals surface area (Å²) < 4.78 is 0. The number of phenols is 1. The van der Waals surface area contributed by atoms with Gasteiger partial charge in [0.05, 0.1) is 5.60 Å². The number of nitrogens with zero attached hydrogens (tertiary/aromatic N) is 2. The number of amides is 1. The second kappa shape index (κ2) is 7.04. The fourth-order valence-electron chi connectivity index (χ4n) is 6.55. The molecule has 2 aliphatic heterocycles. The van der Waals surface area contributed by atoms with Crippen LogP contribution in [-0.2, 0) is 21.4 Å². The van der Waals surface area contributed by atoms with Crippen LogP contribution < -0.4 is 5.32 Å². The number of aliphatic hydroxyl groups is 1. The highest BCUT2D eigenvalue weighted by Gasteiger charge is 2.66. The van der Waals surface area contributed by atoms with E-state index in [9.17, 15) is 19.8 Å². The van der Waals surface area contributed by atoms with Crippen LogP contribution in [0.1, 0.15) is 36.8 Å². The summed E-state index contributed by atoms with van der Waals surface area (Å²) in [6, 6.07) is 5.28. The van der Waals surface area contributed by atoms with Gasteiger partial charge in [-0.15, -0.1) is 0 Å². The molecule has 1 aromatic rings. The number of likely N-dealkylation sites (N-methyl/N-ethyl adjacent to an activating group) is 1. The van der Waals surface area contributed by atoms with Crippen molar-refractivity contribution < 1.29 is 19.8 Å². The van der Waals surface area contributed by atoms with Gasteiger partial charge in [0.15, 0.2) is 0 Å². The number of hydrogen-bond donors (Lipinski definition) is 3. The Balaban J connectivity index is 1.48. The molecular formula is C23H31N3O4. The third kappa shape index (κ3) is 2.82. The van der Waals surface area contributed by atoms with Gasteiger partial charge in [-0.25, -0.2) is 0 Å². The number of fused-ring (bicyclic) bond motifs is 1. The van der Waals surface area contributed by atoms with Gasteiger partial charge >= 0.3 is 0 Å². The van der Waals surface area contributed by atoms with Crippen LogP contribution in [0.4, 0.5) is 0 Å². The Bertz CT molecular complexity index is 883. The predicted molar refractivity (Wildman–Crippen MR) is 111 cm³/mol. The number of benzene rings is 1. The van der Waals surface area contributed by atoms with Gasteiger partial charge in [-0.2, -0.15) is 0 Å². The summed E-state index contributed by atoms with van der Waals surface area (Å²) in [4.78, 5) is 30.2. The van der Waals surface area contributed by atoms with Crippen molar-refractivity contribution in [3.8, 4) is 5.75 Å². The zero-order chi connectivity index (χ0) is 21.1. The second-order valence-corrected chi connectivity index (χ2v) is 9.68. The fraction of sp³-hybridized carbons (Fsp3) is 0.652. The quantitative estimate of drug-likeness (QED) is 0.651. The van der Waals surface area contributed by atoms with Crippen molar-refractivity contribution in [3.05, 3.63) is 29.3 Å². The molecular weight excluding hydrogens is 382 g/mol. The molecule has 1 aromatic carbocycles. The summed E-state index contributed by atoms with van der Waals surface area (Å²) >= 11 is 0. The minimum Gasteiger partial charge on any atom is -0.508 e. The number of aromatic hydroxyl groups is 1. The molecule has 2 bridgehead atoms. The lowest BCUT2D eigenvalue weighted by atomic mass is 9.47. The summed E-state index contributed by atoms with van der Waals surface area (Å²) in [5, 5.41) is 25.6. The Morgan fingerprint density at radius 3 is 2.80 bits per heavy atom. The van der Waals surface area contributed by atoms with Gasteiger partial charge in [-0.05, 0) is 56.1 Å². The maximum Gasteiger partial charge on any atom is 0.223 e. The number of hydrogen-bond acceptors (Lipinski definition) is 6. The van der Waals surface area contributed by atoms with Crippen LogP contribution >= 0.6 is 0 Å². The topological polar surface area (TPSA) is 93.1 Å². The summed E-state index contributed by atoms with van der Waals surface area (Å²) in [5.74, 6) is -0.186. The Kier molecular flexibility index (Phi) is 4.69. The van der Waals surface area contributed by atoms with Crippen LogP contribution in [0.15, 0.2) is 18.2 Å². The van der Waals surface area contributed by atoms with E-state index in [1.54, 1.807) is 12.1 Å². The Labute approximate surface area is 177 Å². The van der Waals surface area contributed by atoms with E-state index in [1.165, 1.54) is 0 Å². The maximum absolute atomic E-state index is 13.3. The van der Waals surface area contributed by atoms with Gasteiger partial charge in [-0.1, -0.05) is 6.07 Å². The monoisotopic (exact) mass is 413 g/mol. The molecule has 2 heterocycles. The Morgan fingerprint density at radius 2 is 2.03 bits per heavy atom. The molecule has 3 fully saturated rings. The average molecular weight is 414 g/mol. The van der Waals surface area contributed by atoms with Crippen molar-refractivity contribution in [2.24, 2.45) is 5.92 Å². The number of Topliss-reactive ketones (excluding diaryl/α,β-unsaturated/α-hetero) is 1. The molecule has 2 saturated heterocycles. The number of nitrogens with one attached hydrogen (secondary N) is 1. The number of carbonyl (C=O) groups is 2. The van der Waals surface area contributed by atoms with E-state index in [0.29, 0.717) is 32.4 Å². The molecule has 5 rings (SSSR count). The van der Waals surface area contributed by atoms with Crippen molar-refractivity contribution in [1.82, 2.24) is 15.1 Å². The lowest BCUT2D eigenvalue weighted by Gasteiger charge is -2.63. The SMILES string of the molecule is CN1CCC23CC(=O)C(CC(=O)N4CCNCC4)CC2(O)C1Cc1ccc(O)cc13. The van der Waals surface area contributed by atoms with Crippen LogP contribution in [-0.4, -0.2) is 83.1 Å². The third-order valence-electron chi connectivity index (χ3n) is 8.21. The first-order valence-corrected chi connectivity index (χ1v) is 11.1. The predicted octanol–water partition coefficient (Wildman–Crippen LogP) is 0.422. The van der Waals surface area contributed by atoms with E-state index in [2.05, 4.69) is 10.2 Å². The summed E-state index contributed by atoms with van der Waals surface area (Å²) in [7, 11) is 2.04. The van der Waals surface area contributed by atoms with Crippen LogP contribution in [0.2, 0.25) is 0 Å². The first-order valence-electron chi connectivity index (χ1n) is 11.1. The normalized spacial score (nSPS) is 36.2. The van der Waals surface area contributed by atoms with Gasteiger partial charge < -0.3 is 25.3 Å². The van der Waals surface area contributed by atoms with E-state index >= 15 is 0 Å². The van der Waals surface area contributed by atoms with Crippen molar-refractivity contribution in [3.63, 3.8) is 0 Å². The molecule has 7 nitrogen and oxygen atoms in total. The molecule has 4 atom stereocenters. The van der Waals surface area contributed by atoms with Crippen LogP contribution in [0.5, 0.6) is 5.75 Å². The number of phenolic OH excluding ortho intramolecular Hbond substituents is 1. The molecule has 2 aliphatic carbocycles. The van der Waals surface area contributed by atoms with Gasteiger partial charge in [0, 0.05) is 56.4 Å². The third-order valence-corrected chi connectivity index (χ3v) is 8.21. The largest absolute Gasteiger partial charge is 0.508 e. The smallest absolute Gasteiger partial charge is 0.223 e. The maximum atomic E-state index is 13.3. The van der Waals surface area contributed by atoms with Gasteiger partial charge in [0.25, 0.3) is 0 Å². The van der Waals surface area contributed by atoms with Gasteiger partial charge in [-0.3, -0.25) is 9.59 Å². The number of piperidine rings is 1. The summed E-state index contributed by atoms with van der Waals surface area (Å²) in [5.41, 5.74) is 0.275. The molecule has 1 amide bonds. The molecule has 7 heteroatoms. The second-order valence-electron chi connectivity index (χ2n) is 9.68. The zero-order valence-electron chi connectivity index (χ0n) is 17.6. The standard InChI is InChI=1S/C23H31N3O4/c1-25-7-4-22-14-19(28)16(11-21(29)26-8-5-24-6-9-26)13-23(22,30)20(25)10-15-2-3-17(27)12-18(15)22/h2-3,12,16,20,24,27,30H,4-11,13-14H2,1H3. The van der Waals surface area contributed by atoms with Crippen LogP contribution in [0.3, 0.4) is 0 Å². The zero-order valence-corrected chi connectivity index (χ0v) is 17.6. The van der Waals surface area contributed by atoms with Crippen molar-refractivity contribution in [2.45, 2.75) is 49.2 Å². The Morgan fingerprint density at radius 1 is 1.27 bits per heavy atom. The highest BCUT2D eigenvalue weighted by molar-refractivity contribution is 5.89. The highest BCUT2D eigenvalue weighted by Crippen LogP contribution is 2.58. The summed E-state index contributed by atoms with van der Waals surface area (Å²) in [6.45, 7) is 3.72.